The Morgan fingerprint density at radius 2 is 1.81 bits per heavy atom. The van der Waals surface area contributed by atoms with E-state index in [1.807, 2.05) is 42.5 Å². The number of aliphatic carboxylic acids is 1. The van der Waals surface area contributed by atoms with Gasteiger partial charge in [0.2, 0.25) is 0 Å². The topological polar surface area (TPSA) is 55.8 Å². The summed E-state index contributed by atoms with van der Waals surface area (Å²) in [6.07, 6.45) is 3.95. The van der Waals surface area contributed by atoms with E-state index in [2.05, 4.69) is 0 Å². The molecule has 0 saturated heterocycles. The van der Waals surface area contributed by atoms with E-state index in [1.54, 1.807) is 12.1 Å². The standard InChI is InChI=1S/C22H25FO4/c1-26-21(18-10-12-20(23)13-11-18)15-19(22(24)25)9-5-6-14-27-16-17-7-3-2-4-8-17/h2-8,10-13,19,21H,9,14-16H2,1H3,(H,24,25)/t19?,21-/m1/s1. The van der Waals surface area contributed by atoms with Crippen LogP contribution in [0.3, 0.4) is 0 Å². The lowest BCUT2D eigenvalue weighted by Crippen LogP contribution is -2.17. The summed E-state index contributed by atoms with van der Waals surface area (Å²) in [5, 5.41) is 9.48. The monoisotopic (exact) mass is 372 g/mol. The summed E-state index contributed by atoms with van der Waals surface area (Å²) >= 11 is 0. The highest BCUT2D eigenvalue weighted by atomic mass is 19.1. The third-order valence-electron chi connectivity index (χ3n) is 4.29. The first-order valence-corrected chi connectivity index (χ1v) is 8.88. The molecule has 0 aliphatic carbocycles. The first-order chi connectivity index (χ1) is 13.1. The minimum Gasteiger partial charge on any atom is -0.481 e. The largest absolute Gasteiger partial charge is 0.481 e. The van der Waals surface area contributed by atoms with Crippen LogP contribution < -0.4 is 0 Å². The zero-order chi connectivity index (χ0) is 19.5. The Balaban J connectivity index is 1.81. The molecule has 0 spiro atoms. The van der Waals surface area contributed by atoms with Gasteiger partial charge >= 0.3 is 5.97 Å². The smallest absolute Gasteiger partial charge is 0.306 e. The van der Waals surface area contributed by atoms with E-state index in [0.29, 0.717) is 26.1 Å². The fraction of sp³-hybridized carbons (Fsp3) is 0.318. The van der Waals surface area contributed by atoms with Gasteiger partial charge in [0.1, 0.15) is 5.82 Å². The van der Waals surface area contributed by atoms with Gasteiger partial charge in [0.15, 0.2) is 0 Å². The van der Waals surface area contributed by atoms with Gasteiger partial charge < -0.3 is 14.6 Å². The van der Waals surface area contributed by atoms with Crippen LogP contribution in [-0.4, -0.2) is 24.8 Å². The average molecular weight is 372 g/mol. The molecule has 1 unspecified atom stereocenters. The molecule has 2 aromatic carbocycles. The maximum atomic E-state index is 13.1. The van der Waals surface area contributed by atoms with Gasteiger partial charge in [-0.2, -0.15) is 0 Å². The molecule has 4 nitrogen and oxygen atoms in total. The number of methoxy groups -OCH3 is 1. The van der Waals surface area contributed by atoms with Crippen molar-refractivity contribution in [1.82, 2.24) is 0 Å². The number of benzene rings is 2. The molecule has 2 atom stereocenters. The highest BCUT2D eigenvalue weighted by molar-refractivity contribution is 5.70. The van der Waals surface area contributed by atoms with Gasteiger partial charge in [0.05, 0.1) is 25.2 Å². The maximum absolute atomic E-state index is 13.1. The second kappa shape index (κ2) is 11.3. The number of hydrogen-bond acceptors (Lipinski definition) is 3. The van der Waals surface area contributed by atoms with Crippen LogP contribution in [0.4, 0.5) is 4.39 Å². The Morgan fingerprint density at radius 1 is 1.11 bits per heavy atom. The molecule has 0 aliphatic heterocycles. The van der Waals surface area contributed by atoms with Gasteiger partial charge in [-0.05, 0) is 36.1 Å². The van der Waals surface area contributed by atoms with E-state index in [1.165, 1.54) is 19.2 Å². The molecule has 0 fully saturated rings. The van der Waals surface area contributed by atoms with Gasteiger partial charge in [-0.15, -0.1) is 0 Å². The Kier molecular flexibility index (Phi) is 8.68. The second-order valence-corrected chi connectivity index (χ2v) is 6.25. The van der Waals surface area contributed by atoms with Gasteiger partial charge in [0.25, 0.3) is 0 Å². The van der Waals surface area contributed by atoms with Crippen molar-refractivity contribution in [2.75, 3.05) is 13.7 Å². The fourth-order valence-corrected chi connectivity index (χ4v) is 2.75. The van der Waals surface area contributed by atoms with Crippen LogP contribution in [0.2, 0.25) is 0 Å². The van der Waals surface area contributed by atoms with Gasteiger partial charge in [-0.25, -0.2) is 4.39 Å². The van der Waals surface area contributed by atoms with Gasteiger partial charge in [-0.1, -0.05) is 54.6 Å². The zero-order valence-corrected chi connectivity index (χ0v) is 15.4. The predicted molar refractivity (Wildman–Crippen MR) is 102 cm³/mol. The number of allylic oxidation sites excluding steroid dienone is 1. The molecule has 144 valence electrons. The van der Waals surface area contributed by atoms with Crippen molar-refractivity contribution in [2.24, 2.45) is 5.92 Å². The van der Waals surface area contributed by atoms with Gasteiger partial charge in [0, 0.05) is 7.11 Å². The number of hydrogen-bond donors (Lipinski definition) is 1. The molecule has 0 bridgehead atoms. The van der Waals surface area contributed by atoms with E-state index in [0.717, 1.165) is 11.1 Å². The molecule has 0 saturated carbocycles. The molecule has 0 radical (unpaired) electrons. The lowest BCUT2D eigenvalue weighted by molar-refractivity contribution is -0.143. The van der Waals surface area contributed by atoms with Crippen molar-refractivity contribution < 1.29 is 23.8 Å². The van der Waals surface area contributed by atoms with E-state index < -0.39 is 18.0 Å². The van der Waals surface area contributed by atoms with E-state index in [4.69, 9.17) is 9.47 Å². The molecular formula is C22H25FO4. The molecule has 2 aromatic rings. The van der Waals surface area contributed by atoms with Gasteiger partial charge in [-0.3, -0.25) is 4.79 Å². The lowest BCUT2D eigenvalue weighted by Gasteiger charge is -2.19. The average Bonchev–Trinajstić information content (AvgIpc) is 2.68. The Labute approximate surface area is 159 Å². The molecular weight excluding hydrogens is 347 g/mol. The Morgan fingerprint density at radius 3 is 2.44 bits per heavy atom. The zero-order valence-electron chi connectivity index (χ0n) is 15.4. The van der Waals surface area contributed by atoms with Crippen LogP contribution in [0.15, 0.2) is 66.7 Å². The van der Waals surface area contributed by atoms with Crippen molar-refractivity contribution in [3.63, 3.8) is 0 Å². The van der Waals surface area contributed by atoms with Crippen molar-refractivity contribution in [3.05, 3.63) is 83.7 Å². The number of carboxylic acid groups (broad SMARTS) is 1. The molecule has 2 rings (SSSR count). The van der Waals surface area contributed by atoms with Crippen LogP contribution >= 0.6 is 0 Å². The van der Waals surface area contributed by atoms with Crippen molar-refractivity contribution in [2.45, 2.75) is 25.6 Å². The maximum Gasteiger partial charge on any atom is 0.306 e. The number of ether oxygens (including phenoxy) is 2. The molecule has 27 heavy (non-hydrogen) atoms. The summed E-state index contributed by atoms with van der Waals surface area (Å²) in [7, 11) is 1.53. The normalized spacial score (nSPS) is 13.6. The van der Waals surface area contributed by atoms with Crippen LogP contribution in [-0.2, 0) is 20.9 Å². The Hall–Kier alpha value is -2.50. The SMILES string of the molecule is CO[C@H](CC(CC=CCOCc1ccccc1)C(=O)O)c1ccc(F)cc1. The van der Waals surface area contributed by atoms with Crippen molar-refractivity contribution in [1.29, 1.82) is 0 Å². The molecule has 0 aromatic heterocycles. The first-order valence-electron chi connectivity index (χ1n) is 8.88. The van der Waals surface area contributed by atoms with Crippen molar-refractivity contribution >= 4 is 5.97 Å². The van der Waals surface area contributed by atoms with Crippen LogP contribution in [0, 0.1) is 11.7 Å². The number of carboxylic acids is 1. The highest BCUT2D eigenvalue weighted by Crippen LogP contribution is 2.27. The lowest BCUT2D eigenvalue weighted by atomic mass is 9.94. The van der Waals surface area contributed by atoms with E-state index in [9.17, 15) is 14.3 Å². The minimum absolute atomic E-state index is 0.312. The van der Waals surface area contributed by atoms with Crippen LogP contribution in [0.1, 0.15) is 30.1 Å². The van der Waals surface area contributed by atoms with Crippen molar-refractivity contribution in [3.8, 4) is 0 Å². The molecule has 0 heterocycles. The summed E-state index contributed by atoms with van der Waals surface area (Å²) in [6.45, 7) is 0.941. The summed E-state index contributed by atoms with van der Waals surface area (Å²) in [6, 6.07) is 15.8. The summed E-state index contributed by atoms with van der Waals surface area (Å²) in [5.41, 5.74) is 1.86. The molecule has 1 N–H and O–H groups in total. The van der Waals surface area contributed by atoms with Crippen LogP contribution in [0.25, 0.3) is 0 Å². The summed E-state index contributed by atoms with van der Waals surface area (Å²) in [4.78, 5) is 11.6. The second-order valence-electron chi connectivity index (χ2n) is 6.25. The third kappa shape index (κ3) is 7.33. The highest BCUT2D eigenvalue weighted by Gasteiger charge is 2.22. The minimum atomic E-state index is -0.881. The predicted octanol–water partition coefficient (Wildman–Crippen LogP) is 4.77. The summed E-state index contributed by atoms with van der Waals surface area (Å²) < 4.78 is 24.0. The van der Waals surface area contributed by atoms with E-state index in [-0.39, 0.29) is 5.82 Å². The van der Waals surface area contributed by atoms with E-state index >= 15 is 0 Å². The molecule has 5 heteroatoms. The quantitative estimate of drug-likeness (QED) is 0.456. The number of carbonyl (C=O) groups is 1. The number of halogens is 1. The fourth-order valence-electron chi connectivity index (χ4n) is 2.75. The molecule has 0 amide bonds. The Bertz CT molecular complexity index is 713. The molecule has 0 aliphatic rings. The van der Waals surface area contributed by atoms with Crippen LogP contribution in [0.5, 0.6) is 0 Å². The number of rotatable bonds is 11. The third-order valence-corrected chi connectivity index (χ3v) is 4.29. The first kappa shape index (κ1) is 20.8. The summed E-state index contributed by atoms with van der Waals surface area (Å²) in [5.74, 6) is -1.80.